The van der Waals surface area contributed by atoms with Crippen LogP contribution in [-0.2, 0) is 31.5 Å². The molecule has 4 nitrogen and oxygen atoms in total. The minimum Gasteiger partial charge on any atom is -0.370 e. The van der Waals surface area contributed by atoms with Crippen LogP contribution in [0.2, 0.25) is 0 Å². The van der Waals surface area contributed by atoms with Gasteiger partial charge in [0.1, 0.15) is 0 Å². The van der Waals surface area contributed by atoms with E-state index in [0.29, 0.717) is 25.3 Å². The van der Waals surface area contributed by atoms with Crippen molar-refractivity contribution >= 4 is 0 Å². The molecule has 1 aromatic heterocycles. The molecule has 1 aliphatic rings. The van der Waals surface area contributed by atoms with Crippen LogP contribution in [0.4, 0.5) is 0 Å². The fraction of sp³-hybridized carbons (Fsp3) is 0.444. The number of aromatic nitrogens is 1. The highest BCUT2D eigenvalue weighted by molar-refractivity contribution is 5.27. The second-order valence-corrected chi connectivity index (χ2v) is 3.20. The highest BCUT2D eigenvalue weighted by atomic mass is 16.5. The SMILES string of the molecule is Cn1c2c(cc(CN)c1=O)COC2. The van der Waals surface area contributed by atoms with E-state index in [1.807, 2.05) is 6.07 Å². The lowest BCUT2D eigenvalue weighted by atomic mass is 10.1. The van der Waals surface area contributed by atoms with Crippen molar-refractivity contribution in [2.75, 3.05) is 0 Å². The molecule has 0 amide bonds. The summed E-state index contributed by atoms with van der Waals surface area (Å²) in [6, 6.07) is 1.85. The van der Waals surface area contributed by atoms with Gasteiger partial charge in [-0.1, -0.05) is 0 Å². The summed E-state index contributed by atoms with van der Waals surface area (Å²) in [5, 5.41) is 0. The van der Waals surface area contributed by atoms with Gasteiger partial charge in [0.2, 0.25) is 0 Å². The molecule has 2 N–H and O–H groups in total. The van der Waals surface area contributed by atoms with E-state index in [1.54, 1.807) is 11.6 Å². The van der Waals surface area contributed by atoms with Crippen LogP contribution in [0.5, 0.6) is 0 Å². The number of nitrogens with two attached hydrogens (primary N) is 1. The predicted molar refractivity (Wildman–Crippen MR) is 48.1 cm³/mol. The first-order chi connectivity index (χ1) is 6.24. The molecular weight excluding hydrogens is 168 g/mol. The van der Waals surface area contributed by atoms with E-state index in [-0.39, 0.29) is 5.56 Å². The Morgan fingerprint density at radius 1 is 1.62 bits per heavy atom. The molecule has 0 atom stereocenters. The maximum Gasteiger partial charge on any atom is 0.255 e. The molecule has 0 radical (unpaired) electrons. The summed E-state index contributed by atoms with van der Waals surface area (Å²) in [5.41, 5.74) is 8.17. The monoisotopic (exact) mass is 180 g/mol. The zero-order chi connectivity index (χ0) is 9.42. The largest absolute Gasteiger partial charge is 0.370 e. The molecule has 1 aliphatic heterocycles. The normalized spacial score (nSPS) is 14.6. The summed E-state index contributed by atoms with van der Waals surface area (Å²) in [7, 11) is 1.76. The van der Waals surface area contributed by atoms with Crippen LogP contribution in [0.3, 0.4) is 0 Å². The van der Waals surface area contributed by atoms with Gasteiger partial charge >= 0.3 is 0 Å². The third kappa shape index (κ3) is 1.18. The average Bonchev–Trinajstić information content (AvgIpc) is 2.59. The van der Waals surface area contributed by atoms with E-state index in [1.165, 1.54) is 0 Å². The van der Waals surface area contributed by atoms with E-state index in [2.05, 4.69) is 0 Å². The molecule has 0 saturated heterocycles. The molecule has 4 heteroatoms. The Bertz CT molecular complexity index is 395. The van der Waals surface area contributed by atoms with Gasteiger partial charge in [0, 0.05) is 24.7 Å². The van der Waals surface area contributed by atoms with Crippen LogP contribution in [0.1, 0.15) is 16.8 Å². The number of nitrogens with zero attached hydrogens (tertiary/aromatic N) is 1. The maximum atomic E-state index is 11.6. The van der Waals surface area contributed by atoms with Crippen molar-refractivity contribution in [3.63, 3.8) is 0 Å². The molecule has 0 unspecified atom stereocenters. The standard InChI is InChI=1S/C9H12N2O2/c1-11-8-5-13-4-7(8)2-6(3-10)9(11)12/h2H,3-5,10H2,1H3. The molecule has 0 aromatic carbocycles. The van der Waals surface area contributed by atoms with Crippen molar-refractivity contribution in [1.82, 2.24) is 4.57 Å². The van der Waals surface area contributed by atoms with Gasteiger partial charge in [-0.25, -0.2) is 0 Å². The van der Waals surface area contributed by atoms with Gasteiger partial charge in [-0.05, 0) is 6.07 Å². The zero-order valence-corrected chi connectivity index (χ0v) is 7.54. The number of ether oxygens (including phenoxy) is 1. The van der Waals surface area contributed by atoms with Gasteiger partial charge in [-0.15, -0.1) is 0 Å². The first kappa shape index (κ1) is 8.47. The minimum atomic E-state index is -0.00764. The molecule has 1 aromatic rings. The molecule has 70 valence electrons. The van der Waals surface area contributed by atoms with Crippen molar-refractivity contribution in [2.45, 2.75) is 19.8 Å². The first-order valence-electron chi connectivity index (χ1n) is 4.22. The van der Waals surface area contributed by atoms with Gasteiger partial charge in [0.05, 0.1) is 18.9 Å². The van der Waals surface area contributed by atoms with Crippen LogP contribution in [0, 0.1) is 0 Å². The predicted octanol–water partition coefficient (Wildman–Crippen LogP) is -0.126. The number of fused-ring (bicyclic) bond motifs is 1. The smallest absolute Gasteiger partial charge is 0.255 e. The lowest BCUT2D eigenvalue weighted by Gasteiger charge is -2.06. The molecule has 2 rings (SSSR count). The highest BCUT2D eigenvalue weighted by Crippen LogP contribution is 2.17. The van der Waals surface area contributed by atoms with Crippen LogP contribution in [-0.4, -0.2) is 4.57 Å². The fourth-order valence-electron chi connectivity index (χ4n) is 1.63. The summed E-state index contributed by atoms with van der Waals surface area (Å²) in [4.78, 5) is 11.6. The third-order valence-electron chi connectivity index (χ3n) is 2.42. The molecule has 0 fully saturated rings. The van der Waals surface area contributed by atoms with E-state index in [9.17, 15) is 4.79 Å². The Labute approximate surface area is 75.9 Å². The molecule has 0 saturated carbocycles. The second-order valence-electron chi connectivity index (χ2n) is 3.20. The summed E-state index contributed by atoms with van der Waals surface area (Å²) in [5.74, 6) is 0. The second kappa shape index (κ2) is 2.97. The van der Waals surface area contributed by atoms with E-state index < -0.39 is 0 Å². The third-order valence-corrected chi connectivity index (χ3v) is 2.42. The highest BCUT2D eigenvalue weighted by Gasteiger charge is 2.16. The molecular formula is C9H12N2O2. The van der Waals surface area contributed by atoms with Crippen molar-refractivity contribution in [3.8, 4) is 0 Å². The van der Waals surface area contributed by atoms with Gasteiger partial charge in [0.25, 0.3) is 5.56 Å². The van der Waals surface area contributed by atoms with Crippen molar-refractivity contribution in [3.05, 3.63) is 33.2 Å². The number of hydrogen-bond donors (Lipinski definition) is 1. The maximum absolute atomic E-state index is 11.6. The first-order valence-corrected chi connectivity index (χ1v) is 4.22. The van der Waals surface area contributed by atoms with Gasteiger partial charge in [0.15, 0.2) is 0 Å². The van der Waals surface area contributed by atoms with Crippen LogP contribution in [0.25, 0.3) is 0 Å². The van der Waals surface area contributed by atoms with Crippen molar-refractivity contribution in [2.24, 2.45) is 12.8 Å². The van der Waals surface area contributed by atoms with Gasteiger partial charge in [-0.2, -0.15) is 0 Å². The van der Waals surface area contributed by atoms with Crippen LogP contribution in [0.15, 0.2) is 10.9 Å². The van der Waals surface area contributed by atoms with E-state index >= 15 is 0 Å². The lowest BCUT2D eigenvalue weighted by Crippen LogP contribution is -2.25. The van der Waals surface area contributed by atoms with Crippen LogP contribution < -0.4 is 11.3 Å². The Morgan fingerprint density at radius 3 is 3.08 bits per heavy atom. The van der Waals surface area contributed by atoms with Crippen molar-refractivity contribution < 1.29 is 4.74 Å². The zero-order valence-electron chi connectivity index (χ0n) is 7.54. The summed E-state index contributed by atoms with van der Waals surface area (Å²) in [6.45, 7) is 1.42. The molecule has 13 heavy (non-hydrogen) atoms. The Balaban J connectivity index is 2.68. The van der Waals surface area contributed by atoms with Gasteiger partial charge in [-0.3, -0.25) is 4.79 Å². The Kier molecular flexibility index (Phi) is 1.94. The fourth-order valence-corrected chi connectivity index (χ4v) is 1.63. The summed E-state index contributed by atoms with van der Waals surface area (Å²) < 4.78 is 6.88. The van der Waals surface area contributed by atoms with Crippen molar-refractivity contribution in [1.29, 1.82) is 0 Å². The van der Waals surface area contributed by atoms with E-state index in [0.717, 1.165) is 11.3 Å². The van der Waals surface area contributed by atoms with Gasteiger partial charge < -0.3 is 15.0 Å². The quantitative estimate of drug-likeness (QED) is 0.655. The average molecular weight is 180 g/mol. The van der Waals surface area contributed by atoms with E-state index in [4.69, 9.17) is 10.5 Å². The topological polar surface area (TPSA) is 57.2 Å². The summed E-state index contributed by atoms with van der Waals surface area (Å²) >= 11 is 0. The molecule has 0 bridgehead atoms. The molecule has 0 spiro atoms. The Hall–Kier alpha value is -1.13. The number of pyridine rings is 1. The Morgan fingerprint density at radius 2 is 2.38 bits per heavy atom. The number of hydrogen-bond acceptors (Lipinski definition) is 3. The lowest BCUT2D eigenvalue weighted by molar-refractivity contribution is 0.132. The molecule has 2 heterocycles. The summed E-state index contributed by atoms with van der Waals surface area (Å²) in [6.07, 6.45) is 0. The molecule has 0 aliphatic carbocycles. The minimum absolute atomic E-state index is 0.00764. The van der Waals surface area contributed by atoms with Crippen LogP contribution >= 0.6 is 0 Å². The number of rotatable bonds is 1.